The molecule has 6 nitrogen and oxygen atoms in total. The molecule has 1 aliphatic rings. The molecule has 2 rings (SSSR count). The quantitative estimate of drug-likeness (QED) is 0.597. The fraction of sp³-hybridized carbons (Fsp3) is 0.786. The summed E-state index contributed by atoms with van der Waals surface area (Å²) in [5, 5.41) is 4.47. The number of hydrazine groups is 1. The number of nitrogens with zero attached hydrogens (tertiary/aromatic N) is 3. The maximum atomic E-state index is 6.06. The van der Waals surface area contributed by atoms with Crippen molar-refractivity contribution in [1.82, 2.24) is 20.1 Å². The first-order valence-corrected chi connectivity index (χ1v) is 8.23. The lowest BCUT2D eigenvalue weighted by Crippen LogP contribution is -2.49. The molecule has 0 amide bonds. The topological polar surface area (TPSA) is 68.3 Å². The molecule has 120 valence electrons. The highest BCUT2D eigenvalue weighted by Crippen LogP contribution is 2.38. The van der Waals surface area contributed by atoms with E-state index in [-0.39, 0.29) is 11.6 Å². The summed E-state index contributed by atoms with van der Waals surface area (Å²) < 4.78 is 9.05. The van der Waals surface area contributed by atoms with Crippen molar-refractivity contribution in [2.75, 3.05) is 27.2 Å². The van der Waals surface area contributed by atoms with Gasteiger partial charge in [-0.25, -0.2) is 5.43 Å². The Morgan fingerprint density at radius 2 is 2.33 bits per heavy atom. The standard InChI is InChI=1S/C14H26BrN5O/c1-14(6-4-5-9-21-14)13(18-16)12-11(15)10-17-20(12)8-7-19(2)3/h10,13,18H,4-9,16H2,1-3H3. The van der Waals surface area contributed by atoms with Crippen LogP contribution in [0.3, 0.4) is 0 Å². The fourth-order valence-electron chi connectivity index (χ4n) is 2.86. The molecular weight excluding hydrogens is 334 g/mol. The van der Waals surface area contributed by atoms with Gasteiger partial charge in [0.15, 0.2) is 0 Å². The van der Waals surface area contributed by atoms with E-state index in [1.54, 1.807) is 0 Å². The van der Waals surface area contributed by atoms with Crippen LogP contribution in [0.15, 0.2) is 10.7 Å². The van der Waals surface area contributed by atoms with Crippen LogP contribution in [0.25, 0.3) is 0 Å². The van der Waals surface area contributed by atoms with Crippen molar-refractivity contribution in [3.05, 3.63) is 16.4 Å². The Hall–Kier alpha value is -0.470. The summed E-state index contributed by atoms with van der Waals surface area (Å²) in [6.45, 7) is 4.67. The lowest BCUT2D eigenvalue weighted by molar-refractivity contribution is -0.0916. The molecule has 1 aromatic heterocycles. The first-order chi connectivity index (χ1) is 9.98. The smallest absolute Gasteiger partial charge is 0.0927 e. The van der Waals surface area contributed by atoms with E-state index in [0.29, 0.717) is 0 Å². The molecule has 2 atom stereocenters. The molecule has 1 aromatic rings. The summed E-state index contributed by atoms with van der Waals surface area (Å²) >= 11 is 3.61. The van der Waals surface area contributed by atoms with E-state index >= 15 is 0 Å². The van der Waals surface area contributed by atoms with Gasteiger partial charge in [0.2, 0.25) is 0 Å². The third-order valence-corrected chi connectivity index (χ3v) is 4.75. The molecule has 2 heterocycles. The van der Waals surface area contributed by atoms with Crippen LogP contribution in [0.1, 0.15) is 37.9 Å². The maximum Gasteiger partial charge on any atom is 0.0927 e. The molecule has 0 saturated carbocycles. The number of nitrogens with one attached hydrogen (secondary N) is 1. The molecule has 21 heavy (non-hydrogen) atoms. The van der Waals surface area contributed by atoms with Gasteiger partial charge in [0.1, 0.15) is 0 Å². The summed E-state index contributed by atoms with van der Waals surface area (Å²) in [6.07, 6.45) is 5.11. The van der Waals surface area contributed by atoms with Gasteiger partial charge in [0, 0.05) is 13.2 Å². The Balaban J connectivity index is 2.26. The Morgan fingerprint density at radius 3 is 2.90 bits per heavy atom. The average molecular weight is 360 g/mol. The highest BCUT2D eigenvalue weighted by Gasteiger charge is 2.40. The molecule has 1 fully saturated rings. The molecule has 0 aliphatic carbocycles. The number of likely N-dealkylation sites (N-methyl/N-ethyl adjacent to an activating group) is 1. The molecule has 0 radical (unpaired) electrons. The van der Waals surface area contributed by atoms with Crippen LogP contribution < -0.4 is 11.3 Å². The number of hydrogen-bond acceptors (Lipinski definition) is 5. The van der Waals surface area contributed by atoms with Crippen molar-refractivity contribution in [3.8, 4) is 0 Å². The lowest BCUT2D eigenvalue weighted by atomic mass is 9.86. The first kappa shape index (κ1) is 16.9. The SMILES string of the molecule is CN(C)CCn1ncc(Br)c1C(NN)C1(C)CCCCO1. The van der Waals surface area contributed by atoms with E-state index < -0.39 is 0 Å². The summed E-state index contributed by atoms with van der Waals surface area (Å²) in [5.74, 6) is 5.87. The third kappa shape index (κ3) is 3.84. The van der Waals surface area contributed by atoms with E-state index in [1.165, 1.54) is 0 Å². The zero-order chi connectivity index (χ0) is 15.5. The second-order valence-electron chi connectivity index (χ2n) is 6.12. The third-order valence-electron chi connectivity index (χ3n) is 4.14. The number of hydrogen-bond donors (Lipinski definition) is 2. The van der Waals surface area contributed by atoms with Gasteiger partial charge >= 0.3 is 0 Å². The maximum absolute atomic E-state index is 6.06. The minimum Gasteiger partial charge on any atom is -0.373 e. The minimum absolute atomic E-state index is 0.0863. The Kier molecular flexibility index (Phi) is 5.79. The largest absolute Gasteiger partial charge is 0.373 e. The van der Waals surface area contributed by atoms with Crippen LogP contribution in [0.2, 0.25) is 0 Å². The minimum atomic E-state index is -0.300. The molecule has 0 aromatic carbocycles. The van der Waals surface area contributed by atoms with Gasteiger partial charge < -0.3 is 9.64 Å². The number of halogens is 1. The van der Waals surface area contributed by atoms with E-state index in [9.17, 15) is 0 Å². The summed E-state index contributed by atoms with van der Waals surface area (Å²) in [4.78, 5) is 2.14. The van der Waals surface area contributed by atoms with Crippen molar-refractivity contribution in [3.63, 3.8) is 0 Å². The Morgan fingerprint density at radius 1 is 1.57 bits per heavy atom. The number of aromatic nitrogens is 2. The highest BCUT2D eigenvalue weighted by molar-refractivity contribution is 9.10. The van der Waals surface area contributed by atoms with Crippen molar-refractivity contribution >= 4 is 15.9 Å². The van der Waals surface area contributed by atoms with Crippen LogP contribution in [-0.2, 0) is 11.3 Å². The summed E-state index contributed by atoms with van der Waals surface area (Å²) in [7, 11) is 4.12. The molecule has 0 bridgehead atoms. The highest BCUT2D eigenvalue weighted by atomic mass is 79.9. The summed E-state index contributed by atoms with van der Waals surface area (Å²) in [5.41, 5.74) is 3.71. The van der Waals surface area contributed by atoms with Gasteiger partial charge in [-0.2, -0.15) is 5.10 Å². The first-order valence-electron chi connectivity index (χ1n) is 7.44. The Bertz CT molecular complexity index is 456. The van der Waals surface area contributed by atoms with Crippen LogP contribution in [0.4, 0.5) is 0 Å². The zero-order valence-electron chi connectivity index (χ0n) is 13.1. The molecule has 3 N–H and O–H groups in total. The van der Waals surface area contributed by atoms with Gasteiger partial charge in [-0.3, -0.25) is 10.5 Å². The Labute approximate surface area is 135 Å². The number of nitrogens with two attached hydrogens (primary N) is 1. The summed E-state index contributed by atoms with van der Waals surface area (Å²) in [6, 6.07) is -0.0863. The molecule has 1 saturated heterocycles. The molecule has 2 unspecified atom stereocenters. The molecule has 1 aliphatic heterocycles. The van der Waals surface area contributed by atoms with E-state index in [4.69, 9.17) is 10.6 Å². The number of ether oxygens (including phenoxy) is 1. The zero-order valence-corrected chi connectivity index (χ0v) is 14.7. The van der Waals surface area contributed by atoms with Crippen LogP contribution >= 0.6 is 15.9 Å². The average Bonchev–Trinajstić information content (AvgIpc) is 2.80. The van der Waals surface area contributed by atoms with Gasteiger partial charge in [0.25, 0.3) is 0 Å². The van der Waals surface area contributed by atoms with Gasteiger partial charge in [0.05, 0.1) is 34.6 Å². The lowest BCUT2D eigenvalue weighted by Gasteiger charge is -2.40. The molecule has 7 heteroatoms. The van der Waals surface area contributed by atoms with Crippen molar-refractivity contribution in [2.24, 2.45) is 5.84 Å². The monoisotopic (exact) mass is 359 g/mol. The number of rotatable bonds is 6. The van der Waals surface area contributed by atoms with Crippen molar-refractivity contribution in [1.29, 1.82) is 0 Å². The van der Waals surface area contributed by atoms with Crippen LogP contribution in [0, 0.1) is 0 Å². The fourth-order valence-corrected chi connectivity index (χ4v) is 3.38. The van der Waals surface area contributed by atoms with Gasteiger partial charge in [-0.05, 0) is 56.2 Å². The second kappa shape index (κ2) is 7.19. The predicted molar refractivity (Wildman–Crippen MR) is 86.8 cm³/mol. The van der Waals surface area contributed by atoms with E-state index in [1.807, 2.05) is 10.9 Å². The molecular formula is C14H26BrN5O. The second-order valence-corrected chi connectivity index (χ2v) is 6.98. The van der Waals surface area contributed by atoms with Crippen molar-refractivity contribution < 1.29 is 4.74 Å². The van der Waals surface area contributed by atoms with Crippen LogP contribution in [0.5, 0.6) is 0 Å². The molecule has 0 spiro atoms. The van der Waals surface area contributed by atoms with E-state index in [2.05, 4.69) is 52.4 Å². The predicted octanol–water partition coefficient (Wildman–Crippen LogP) is 1.67. The van der Waals surface area contributed by atoms with E-state index in [0.717, 1.165) is 49.1 Å². The van der Waals surface area contributed by atoms with Gasteiger partial charge in [-0.15, -0.1) is 0 Å². The normalized spacial score (nSPS) is 24.5. The van der Waals surface area contributed by atoms with Crippen molar-refractivity contribution in [2.45, 2.75) is 44.4 Å². The van der Waals surface area contributed by atoms with Gasteiger partial charge in [-0.1, -0.05) is 0 Å². The van der Waals surface area contributed by atoms with Crippen LogP contribution in [-0.4, -0.2) is 47.5 Å².